The first-order chi connectivity index (χ1) is 8.16. The molecule has 0 radical (unpaired) electrons. The summed E-state index contributed by atoms with van der Waals surface area (Å²) < 4.78 is 13.4. The predicted molar refractivity (Wildman–Crippen MR) is 63.4 cm³/mol. The summed E-state index contributed by atoms with van der Waals surface area (Å²) in [5, 5.41) is 0. The number of hydrogen-bond acceptors (Lipinski definition) is 2. The molecule has 0 bridgehead atoms. The van der Waals surface area contributed by atoms with Crippen LogP contribution in [0.25, 0.3) is 0 Å². The largest absolute Gasteiger partial charge is 0.292 e. The fourth-order valence-corrected chi connectivity index (χ4v) is 1.60. The van der Waals surface area contributed by atoms with Gasteiger partial charge in [-0.3, -0.25) is 9.78 Å². The van der Waals surface area contributed by atoms with Crippen LogP contribution in [-0.4, -0.2) is 10.8 Å². The average molecular weight is 229 g/mol. The van der Waals surface area contributed by atoms with Gasteiger partial charge in [-0.1, -0.05) is 24.3 Å². The van der Waals surface area contributed by atoms with Crippen molar-refractivity contribution in [3.63, 3.8) is 0 Å². The zero-order valence-corrected chi connectivity index (χ0v) is 9.48. The Balaban J connectivity index is 2.20. The zero-order valence-electron chi connectivity index (χ0n) is 9.48. The summed E-state index contributed by atoms with van der Waals surface area (Å²) >= 11 is 0. The highest BCUT2D eigenvalue weighted by Gasteiger charge is 2.11. The quantitative estimate of drug-likeness (QED) is 0.757. The number of aromatic nitrogens is 1. The SMILES string of the molecule is Cc1cccc(C(=O)Cc2ccccc2F)n1. The number of aryl methyl sites for hydroxylation is 1. The Labute approximate surface area is 99.1 Å². The monoisotopic (exact) mass is 229 g/mol. The van der Waals surface area contributed by atoms with Crippen molar-refractivity contribution in [2.75, 3.05) is 0 Å². The topological polar surface area (TPSA) is 30.0 Å². The smallest absolute Gasteiger partial charge is 0.185 e. The van der Waals surface area contributed by atoms with Gasteiger partial charge in [-0.2, -0.15) is 0 Å². The van der Waals surface area contributed by atoms with Gasteiger partial charge in [0.2, 0.25) is 0 Å². The number of nitrogens with zero attached hydrogens (tertiary/aromatic N) is 1. The van der Waals surface area contributed by atoms with Crippen LogP contribution >= 0.6 is 0 Å². The van der Waals surface area contributed by atoms with E-state index in [2.05, 4.69) is 4.98 Å². The lowest BCUT2D eigenvalue weighted by Gasteiger charge is -2.02. The lowest BCUT2D eigenvalue weighted by Crippen LogP contribution is -2.07. The molecule has 0 unspecified atom stereocenters. The van der Waals surface area contributed by atoms with Gasteiger partial charge >= 0.3 is 0 Å². The van der Waals surface area contributed by atoms with E-state index in [4.69, 9.17) is 0 Å². The van der Waals surface area contributed by atoms with Crippen molar-refractivity contribution in [2.24, 2.45) is 0 Å². The molecule has 3 heteroatoms. The minimum atomic E-state index is -0.353. The maximum absolute atomic E-state index is 13.4. The molecule has 0 aliphatic heterocycles. The van der Waals surface area contributed by atoms with Gasteiger partial charge in [0.05, 0.1) is 0 Å². The van der Waals surface area contributed by atoms with Gasteiger partial charge in [-0.15, -0.1) is 0 Å². The molecule has 1 heterocycles. The molecule has 2 nitrogen and oxygen atoms in total. The van der Waals surface area contributed by atoms with Crippen LogP contribution in [0.5, 0.6) is 0 Å². The molecule has 0 fully saturated rings. The van der Waals surface area contributed by atoms with E-state index in [9.17, 15) is 9.18 Å². The molecule has 0 N–H and O–H groups in total. The normalized spacial score (nSPS) is 10.2. The maximum Gasteiger partial charge on any atom is 0.185 e. The van der Waals surface area contributed by atoms with Crippen LogP contribution in [0, 0.1) is 12.7 Å². The number of halogens is 1. The molecule has 0 amide bonds. The second-order valence-electron chi connectivity index (χ2n) is 3.86. The molecule has 1 aromatic heterocycles. The molecule has 2 aromatic rings. The Morgan fingerprint density at radius 2 is 1.94 bits per heavy atom. The standard InChI is InChI=1S/C14H12FNO/c1-10-5-4-8-13(16-10)14(17)9-11-6-2-3-7-12(11)15/h2-8H,9H2,1H3. The average Bonchev–Trinajstić information content (AvgIpc) is 2.32. The van der Waals surface area contributed by atoms with Crippen molar-refractivity contribution >= 4 is 5.78 Å². The summed E-state index contributed by atoms with van der Waals surface area (Å²) in [4.78, 5) is 16.0. The molecule has 2 rings (SSSR count). The van der Waals surface area contributed by atoms with Gasteiger partial charge < -0.3 is 0 Å². The third-order valence-electron chi connectivity index (χ3n) is 2.48. The fourth-order valence-electron chi connectivity index (χ4n) is 1.60. The van der Waals surface area contributed by atoms with E-state index in [1.807, 2.05) is 13.0 Å². The molecule has 17 heavy (non-hydrogen) atoms. The second kappa shape index (κ2) is 4.87. The Morgan fingerprint density at radius 3 is 2.65 bits per heavy atom. The van der Waals surface area contributed by atoms with Crippen LogP contribution in [0.2, 0.25) is 0 Å². The van der Waals surface area contributed by atoms with E-state index in [0.717, 1.165) is 5.69 Å². The Kier molecular flexibility index (Phi) is 3.28. The first-order valence-corrected chi connectivity index (χ1v) is 5.37. The molecule has 0 aliphatic carbocycles. The highest BCUT2D eigenvalue weighted by molar-refractivity contribution is 5.95. The van der Waals surface area contributed by atoms with Crippen LogP contribution in [0.4, 0.5) is 4.39 Å². The van der Waals surface area contributed by atoms with Crippen molar-refractivity contribution < 1.29 is 9.18 Å². The van der Waals surface area contributed by atoms with E-state index in [0.29, 0.717) is 11.3 Å². The highest BCUT2D eigenvalue weighted by Crippen LogP contribution is 2.10. The van der Waals surface area contributed by atoms with Crippen molar-refractivity contribution in [1.29, 1.82) is 0 Å². The number of Topliss-reactive ketones (excluding diaryl/α,β-unsaturated/α-hetero) is 1. The highest BCUT2D eigenvalue weighted by atomic mass is 19.1. The van der Waals surface area contributed by atoms with Crippen LogP contribution in [0.1, 0.15) is 21.7 Å². The molecule has 0 saturated heterocycles. The molecule has 0 saturated carbocycles. The van der Waals surface area contributed by atoms with Crippen molar-refractivity contribution in [3.05, 3.63) is 65.2 Å². The molecule has 0 spiro atoms. The molecule has 1 aromatic carbocycles. The van der Waals surface area contributed by atoms with Gasteiger partial charge in [0.15, 0.2) is 5.78 Å². The van der Waals surface area contributed by atoms with Crippen molar-refractivity contribution in [1.82, 2.24) is 4.98 Å². The number of carbonyl (C=O) groups excluding carboxylic acids is 1. The summed E-state index contributed by atoms with van der Waals surface area (Å²) in [6.07, 6.45) is 0.0448. The van der Waals surface area contributed by atoms with E-state index in [-0.39, 0.29) is 18.0 Å². The van der Waals surface area contributed by atoms with Crippen LogP contribution in [0.3, 0.4) is 0 Å². The lowest BCUT2D eigenvalue weighted by atomic mass is 10.1. The number of pyridine rings is 1. The van der Waals surface area contributed by atoms with E-state index in [1.165, 1.54) is 6.07 Å². The molecular formula is C14H12FNO. The van der Waals surface area contributed by atoms with Crippen molar-refractivity contribution in [3.8, 4) is 0 Å². The Bertz CT molecular complexity index is 551. The van der Waals surface area contributed by atoms with Gasteiger partial charge in [0, 0.05) is 12.1 Å². The number of rotatable bonds is 3. The molecular weight excluding hydrogens is 217 g/mol. The van der Waals surface area contributed by atoms with E-state index < -0.39 is 0 Å². The fraction of sp³-hybridized carbons (Fsp3) is 0.143. The summed E-state index contributed by atoms with van der Waals surface area (Å²) in [5.74, 6) is -0.521. The first-order valence-electron chi connectivity index (χ1n) is 5.37. The third kappa shape index (κ3) is 2.75. The van der Waals surface area contributed by atoms with Crippen LogP contribution < -0.4 is 0 Å². The first kappa shape index (κ1) is 11.5. The molecule has 0 aliphatic rings. The van der Waals surface area contributed by atoms with Crippen molar-refractivity contribution in [2.45, 2.75) is 13.3 Å². The number of benzene rings is 1. The van der Waals surface area contributed by atoms with Gasteiger partial charge in [0.1, 0.15) is 11.5 Å². The Morgan fingerprint density at radius 1 is 1.18 bits per heavy atom. The minimum absolute atomic E-state index is 0.0448. The number of ketones is 1. The van der Waals surface area contributed by atoms with E-state index in [1.54, 1.807) is 30.3 Å². The maximum atomic E-state index is 13.4. The Hall–Kier alpha value is -2.03. The zero-order chi connectivity index (χ0) is 12.3. The summed E-state index contributed by atoms with van der Waals surface area (Å²) in [6, 6.07) is 11.5. The second-order valence-corrected chi connectivity index (χ2v) is 3.86. The molecule has 86 valence electrons. The van der Waals surface area contributed by atoms with Gasteiger partial charge in [-0.25, -0.2) is 4.39 Å². The minimum Gasteiger partial charge on any atom is -0.292 e. The van der Waals surface area contributed by atoms with Gasteiger partial charge in [-0.05, 0) is 30.7 Å². The summed E-state index contributed by atoms with van der Waals surface area (Å²) in [5.41, 5.74) is 1.57. The molecule has 0 atom stereocenters. The number of hydrogen-bond donors (Lipinski definition) is 0. The number of carbonyl (C=O) groups is 1. The third-order valence-corrected chi connectivity index (χ3v) is 2.48. The predicted octanol–water partition coefficient (Wildman–Crippen LogP) is 2.95. The van der Waals surface area contributed by atoms with E-state index >= 15 is 0 Å². The van der Waals surface area contributed by atoms with Crippen LogP contribution in [0.15, 0.2) is 42.5 Å². The summed E-state index contributed by atoms with van der Waals surface area (Å²) in [7, 11) is 0. The lowest BCUT2D eigenvalue weighted by molar-refractivity contribution is 0.0987. The van der Waals surface area contributed by atoms with Crippen LogP contribution in [-0.2, 0) is 6.42 Å². The van der Waals surface area contributed by atoms with Gasteiger partial charge in [0.25, 0.3) is 0 Å². The summed E-state index contributed by atoms with van der Waals surface area (Å²) in [6.45, 7) is 1.82.